The van der Waals surface area contributed by atoms with E-state index in [1.807, 2.05) is 18.2 Å². The van der Waals surface area contributed by atoms with Crippen molar-refractivity contribution >= 4 is 29.3 Å². The Labute approximate surface area is 227 Å². The molecule has 206 valence electrons. The molecule has 39 heavy (non-hydrogen) atoms. The lowest BCUT2D eigenvalue weighted by atomic mass is 10.1. The van der Waals surface area contributed by atoms with Crippen LogP contribution in [0.1, 0.15) is 22.8 Å². The summed E-state index contributed by atoms with van der Waals surface area (Å²) in [5, 5.41) is 3.37. The number of hydrogen-bond donors (Lipinski definition) is 1. The van der Waals surface area contributed by atoms with Gasteiger partial charge in [-0.3, -0.25) is 0 Å². The Morgan fingerprint density at radius 1 is 0.846 bits per heavy atom. The Morgan fingerprint density at radius 3 is 2.26 bits per heavy atom. The molecule has 0 amide bonds. The van der Waals surface area contributed by atoms with E-state index in [4.69, 9.17) is 23.7 Å². The second kappa shape index (κ2) is 13.7. The van der Waals surface area contributed by atoms with Crippen molar-refractivity contribution in [2.45, 2.75) is 13.3 Å². The van der Waals surface area contributed by atoms with E-state index in [0.29, 0.717) is 35.8 Å². The van der Waals surface area contributed by atoms with Gasteiger partial charge in [0.2, 0.25) is 0 Å². The number of carbonyl (C=O) groups excluding carboxylic acids is 3. The maximum Gasteiger partial charge on any atom is 0.355 e. The average Bonchev–Trinajstić information content (AvgIpc) is 3.19. The van der Waals surface area contributed by atoms with Crippen LogP contribution >= 0.6 is 0 Å². The van der Waals surface area contributed by atoms with Crippen LogP contribution in [0.5, 0.6) is 11.5 Å². The lowest BCUT2D eigenvalue weighted by Gasteiger charge is -2.26. The summed E-state index contributed by atoms with van der Waals surface area (Å²) in [5.41, 5.74) is 2.22. The fraction of sp³-hybridized carbons (Fsp3) is 0.276. The monoisotopic (exact) mass is 536 g/mol. The summed E-state index contributed by atoms with van der Waals surface area (Å²) in [7, 11) is 5.60. The van der Waals surface area contributed by atoms with Crippen LogP contribution in [-0.4, -0.2) is 59.5 Å². The predicted molar refractivity (Wildman–Crippen MR) is 146 cm³/mol. The van der Waals surface area contributed by atoms with Crippen molar-refractivity contribution in [3.63, 3.8) is 0 Å². The van der Waals surface area contributed by atoms with E-state index in [-0.39, 0.29) is 23.4 Å². The number of allylic oxidation sites excluding steroid dienone is 2. The third kappa shape index (κ3) is 6.78. The molecule has 2 aromatic rings. The van der Waals surface area contributed by atoms with Gasteiger partial charge in [-0.1, -0.05) is 12.1 Å². The van der Waals surface area contributed by atoms with E-state index in [9.17, 15) is 14.4 Å². The molecule has 0 unspecified atom stereocenters. The van der Waals surface area contributed by atoms with E-state index >= 15 is 0 Å². The SMILES string of the molecule is CCOC(=O)c1ccc(NCCc2ccc(OC)c(OC)c2)c(N2C=CC=CC(C(=O)OC)=C2C(=O)OC)c1. The molecule has 3 rings (SSSR count). The van der Waals surface area contributed by atoms with Crippen LogP contribution in [0.3, 0.4) is 0 Å². The highest BCUT2D eigenvalue weighted by Crippen LogP contribution is 2.34. The van der Waals surface area contributed by atoms with Gasteiger partial charge in [0.05, 0.1) is 57.6 Å². The van der Waals surface area contributed by atoms with Crippen molar-refractivity contribution < 1.29 is 38.1 Å². The first-order valence-corrected chi connectivity index (χ1v) is 12.2. The second-order valence-corrected chi connectivity index (χ2v) is 8.13. The Bertz CT molecular complexity index is 1310. The fourth-order valence-electron chi connectivity index (χ4n) is 3.95. The fourth-order valence-corrected chi connectivity index (χ4v) is 3.95. The average molecular weight is 537 g/mol. The molecule has 2 aromatic carbocycles. The molecule has 1 aliphatic rings. The molecule has 0 saturated heterocycles. The summed E-state index contributed by atoms with van der Waals surface area (Å²) in [6.45, 7) is 2.41. The van der Waals surface area contributed by atoms with Gasteiger partial charge in [0.25, 0.3) is 0 Å². The van der Waals surface area contributed by atoms with E-state index < -0.39 is 17.9 Å². The Hall–Kier alpha value is -4.73. The largest absolute Gasteiger partial charge is 0.493 e. The lowest BCUT2D eigenvalue weighted by Crippen LogP contribution is -2.28. The zero-order valence-corrected chi connectivity index (χ0v) is 22.6. The summed E-state index contributed by atoms with van der Waals surface area (Å²) in [6, 6.07) is 10.6. The molecule has 10 nitrogen and oxygen atoms in total. The second-order valence-electron chi connectivity index (χ2n) is 8.13. The van der Waals surface area contributed by atoms with Gasteiger partial charge in [0.15, 0.2) is 11.5 Å². The van der Waals surface area contributed by atoms with Crippen molar-refractivity contribution in [3.8, 4) is 11.5 Å². The van der Waals surface area contributed by atoms with Gasteiger partial charge in [0.1, 0.15) is 5.70 Å². The van der Waals surface area contributed by atoms with Crippen molar-refractivity contribution in [3.05, 3.63) is 83.2 Å². The molecular weight excluding hydrogens is 504 g/mol. The normalized spacial score (nSPS) is 12.5. The van der Waals surface area contributed by atoms with Crippen molar-refractivity contribution in [1.82, 2.24) is 0 Å². The minimum Gasteiger partial charge on any atom is -0.493 e. The van der Waals surface area contributed by atoms with Gasteiger partial charge in [-0.05, 0) is 61.4 Å². The number of carbonyl (C=O) groups is 3. The number of nitrogens with one attached hydrogen (secondary N) is 1. The van der Waals surface area contributed by atoms with E-state index in [1.165, 1.54) is 25.2 Å². The third-order valence-corrected chi connectivity index (χ3v) is 5.83. The Morgan fingerprint density at radius 2 is 1.59 bits per heavy atom. The highest BCUT2D eigenvalue weighted by Gasteiger charge is 2.29. The molecule has 0 aromatic heterocycles. The number of nitrogens with zero attached hydrogens (tertiary/aromatic N) is 1. The summed E-state index contributed by atoms with van der Waals surface area (Å²) in [5.74, 6) is -0.741. The number of benzene rings is 2. The number of rotatable bonds is 11. The zero-order valence-electron chi connectivity index (χ0n) is 22.6. The van der Waals surface area contributed by atoms with Crippen LogP contribution in [-0.2, 0) is 30.2 Å². The molecular formula is C29H32N2O8. The van der Waals surface area contributed by atoms with Crippen molar-refractivity contribution in [2.24, 2.45) is 0 Å². The van der Waals surface area contributed by atoms with Gasteiger partial charge in [-0.2, -0.15) is 0 Å². The Balaban J connectivity index is 2.04. The van der Waals surface area contributed by atoms with Crippen molar-refractivity contribution in [2.75, 3.05) is 51.8 Å². The zero-order chi connectivity index (χ0) is 28.4. The molecule has 0 atom stereocenters. The topological polar surface area (TPSA) is 113 Å². The van der Waals surface area contributed by atoms with Crippen LogP contribution in [0.4, 0.5) is 11.4 Å². The first kappa shape index (κ1) is 28.8. The van der Waals surface area contributed by atoms with Crippen LogP contribution in [0, 0.1) is 0 Å². The molecule has 0 spiro atoms. The van der Waals surface area contributed by atoms with Gasteiger partial charge < -0.3 is 33.9 Å². The standard InChI is InChI=1S/C29H32N2O8/c1-6-39-27(32)20-11-12-22(30-15-14-19-10-13-24(35-2)25(17-19)36-3)23(18-20)31-16-8-7-9-21(28(33)37-4)26(31)29(34)38-5/h7-13,16-18,30H,6,14-15H2,1-5H3. The molecule has 1 N–H and O–H groups in total. The van der Waals surface area contributed by atoms with Crippen LogP contribution in [0.2, 0.25) is 0 Å². The molecule has 0 radical (unpaired) electrons. The minimum absolute atomic E-state index is 0.00725. The molecule has 1 aliphatic heterocycles. The maximum atomic E-state index is 12.9. The minimum atomic E-state index is -0.760. The van der Waals surface area contributed by atoms with Crippen LogP contribution < -0.4 is 19.7 Å². The first-order chi connectivity index (χ1) is 18.9. The quantitative estimate of drug-likeness (QED) is 0.334. The number of hydrogen-bond acceptors (Lipinski definition) is 10. The van der Waals surface area contributed by atoms with Gasteiger partial charge in [-0.25, -0.2) is 14.4 Å². The van der Waals surface area contributed by atoms with Crippen LogP contribution in [0.25, 0.3) is 0 Å². The lowest BCUT2D eigenvalue weighted by molar-refractivity contribution is -0.139. The number of anilines is 2. The third-order valence-electron chi connectivity index (χ3n) is 5.83. The number of methoxy groups -OCH3 is 4. The highest BCUT2D eigenvalue weighted by molar-refractivity contribution is 6.06. The molecule has 0 saturated carbocycles. The summed E-state index contributed by atoms with van der Waals surface area (Å²) >= 11 is 0. The van der Waals surface area contributed by atoms with E-state index in [2.05, 4.69) is 5.32 Å². The van der Waals surface area contributed by atoms with Crippen LogP contribution in [0.15, 0.2) is 72.1 Å². The van der Waals surface area contributed by atoms with Gasteiger partial charge in [-0.15, -0.1) is 0 Å². The number of ether oxygens (including phenoxy) is 5. The van der Waals surface area contributed by atoms with Gasteiger partial charge in [0, 0.05) is 12.7 Å². The number of esters is 3. The molecule has 0 fully saturated rings. The van der Waals surface area contributed by atoms with Gasteiger partial charge >= 0.3 is 17.9 Å². The first-order valence-electron chi connectivity index (χ1n) is 12.2. The molecule has 0 bridgehead atoms. The summed E-state index contributed by atoms with van der Waals surface area (Å²) in [4.78, 5) is 39.6. The molecule has 0 aliphatic carbocycles. The van der Waals surface area contributed by atoms with E-state index in [1.54, 1.807) is 57.7 Å². The molecule has 10 heteroatoms. The summed E-state index contributed by atoms with van der Waals surface area (Å²) in [6.07, 6.45) is 6.96. The maximum absolute atomic E-state index is 12.9. The smallest absolute Gasteiger partial charge is 0.355 e. The van der Waals surface area contributed by atoms with E-state index in [0.717, 1.165) is 5.56 Å². The highest BCUT2D eigenvalue weighted by atomic mass is 16.5. The predicted octanol–water partition coefficient (Wildman–Crippen LogP) is 4.03. The Kier molecular flexibility index (Phi) is 10.1. The van der Waals surface area contributed by atoms with Crippen molar-refractivity contribution in [1.29, 1.82) is 0 Å². The molecule has 1 heterocycles. The summed E-state index contributed by atoms with van der Waals surface area (Å²) < 4.78 is 25.8.